The van der Waals surface area contributed by atoms with Gasteiger partial charge in [-0.15, -0.1) is 23.7 Å². The van der Waals surface area contributed by atoms with Crippen LogP contribution in [0.1, 0.15) is 22.1 Å². The monoisotopic (exact) mass is 352 g/mol. The van der Waals surface area contributed by atoms with Gasteiger partial charge >= 0.3 is 0 Å². The Hall–Kier alpha value is -2.36. The number of halogens is 1. The zero-order chi connectivity index (χ0) is 15.4. The van der Waals surface area contributed by atoms with E-state index in [1.54, 1.807) is 18.6 Å². The molecule has 0 bridgehead atoms. The van der Waals surface area contributed by atoms with Crippen LogP contribution in [0, 0.1) is 0 Å². The Morgan fingerprint density at radius 1 is 1.35 bits per heavy atom. The SMILES string of the molecule is Cl.NCc1nc(C(=O)NCc2csc(-c3cnccn3)n2)co1. The summed E-state index contributed by atoms with van der Waals surface area (Å²) >= 11 is 1.44. The zero-order valence-electron chi connectivity index (χ0n) is 11.8. The molecule has 8 nitrogen and oxygen atoms in total. The molecular weight excluding hydrogens is 340 g/mol. The highest BCUT2D eigenvalue weighted by atomic mass is 35.5. The maximum atomic E-state index is 11.9. The van der Waals surface area contributed by atoms with Crippen LogP contribution in [-0.4, -0.2) is 25.8 Å². The molecule has 0 unspecified atom stereocenters. The summed E-state index contributed by atoms with van der Waals surface area (Å²) in [6.07, 6.45) is 6.14. The van der Waals surface area contributed by atoms with Gasteiger partial charge in [0.05, 0.1) is 25.0 Å². The third kappa shape index (κ3) is 4.09. The van der Waals surface area contributed by atoms with Crippen molar-refractivity contribution >= 4 is 29.7 Å². The van der Waals surface area contributed by atoms with Crippen LogP contribution >= 0.6 is 23.7 Å². The number of amides is 1. The minimum Gasteiger partial charge on any atom is -0.447 e. The summed E-state index contributed by atoms with van der Waals surface area (Å²) in [6.45, 7) is 0.446. The van der Waals surface area contributed by atoms with Crippen LogP contribution in [0.3, 0.4) is 0 Å². The van der Waals surface area contributed by atoms with Gasteiger partial charge in [-0.25, -0.2) is 9.97 Å². The lowest BCUT2D eigenvalue weighted by Crippen LogP contribution is -2.23. The molecule has 3 heterocycles. The van der Waals surface area contributed by atoms with Gasteiger partial charge in [0, 0.05) is 17.8 Å². The number of aromatic nitrogens is 4. The predicted molar refractivity (Wildman–Crippen MR) is 86.0 cm³/mol. The van der Waals surface area contributed by atoms with Gasteiger partial charge in [0.15, 0.2) is 5.69 Å². The smallest absolute Gasteiger partial charge is 0.273 e. The standard InChI is InChI=1S/C13H12N6O2S.ClH/c14-3-11-19-10(6-21-11)12(20)17-4-8-7-22-13(18-8)9-5-15-1-2-16-9;/h1-2,5-7H,3-4,14H2,(H,17,20);1H. The van der Waals surface area contributed by atoms with Crippen molar-refractivity contribution in [2.75, 3.05) is 0 Å². The van der Waals surface area contributed by atoms with Gasteiger partial charge in [-0.2, -0.15) is 0 Å². The maximum absolute atomic E-state index is 11.9. The van der Waals surface area contributed by atoms with Crippen molar-refractivity contribution in [3.63, 3.8) is 0 Å². The molecule has 120 valence electrons. The first-order valence-electron chi connectivity index (χ1n) is 6.39. The van der Waals surface area contributed by atoms with E-state index < -0.39 is 0 Å². The van der Waals surface area contributed by atoms with Gasteiger partial charge in [-0.1, -0.05) is 0 Å². The number of nitrogens with zero attached hydrogens (tertiary/aromatic N) is 4. The summed E-state index contributed by atoms with van der Waals surface area (Å²) in [7, 11) is 0. The summed E-state index contributed by atoms with van der Waals surface area (Å²) in [4.78, 5) is 28.4. The fourth-order valence-electron chi connectivity index (χ4n) is 1.69. The normalized spacial score (nSPS) is 10.1. The molecule has 0 radical (unpaired) electrons. The number of thiazole rings is 1. The molecule has 0 atom stereocenters. The third-order valence-electron chi connectivity index (χ3n) is 2.72. The molecular formula is C13H13ClN6O2S. The number of rotatable bonds is 5. The molecule has 10 heteroatoms. The lowest BCUT2D eigenvalue weighted by Gasteiger charge is -1.99. The van der Waals surface area contributed by atoms with Crippen molar-refractivity contribution in [3.05, 3.63) is 47.5 Å². The summed E-state index contributed by atoms with van der Waals surface area (Å²) in [6, 6.07) is 0. The minimum absolute atomic E-state index is 0. The van der Waals surface area contributed by atoms with Crippen LogP contribution in [-0.2, 0) is 13.1 Å². The van der Waals surface area contributed by atoms with Crippen molar-refractivity contribution in [1.82, 2.24) is 25.3 Å². The number of carbonyl (C=O) groups excluding carboxylic acids is 1. The van der Waals surface area contributed by atoms with Crippen molar-refractivity contribution in [2.45, 2.75) is 13.1 Å². The fraction of sp³-hybridized carbons (Fsp3) is 0.154. The van der Waals surface area contributed by atoms with E-state index in [4.69, 9.17) is 10.2 Å². The average Bonchev–Trinajstić information content (AvgIpc) is 3.22. The van der Waals surface area contributed by atoms with Gasteiger partial charge < -0.3 is 15.5 Å². The first-order valence-corrected chi connectivity index (χ1v) is 7.27. The number of nitrogens with one attached hydrogen (secondary N) is 1. The first kappa shape index (κ1) is 17.0. The molecule has 0 saturated carbocycles. The molecule has 0 spiro atoms. The molecule has 0 aliphatic rings. The number of hydrogen-bond donors (Lipinski definition) is 2. The Balaban J connectivity index is 0.00000192. The molecule has 1 amide bonds. The molecule has 0 fully saturated rings. The molecule has 3 aromatic rings. The van der Waals surface area contributed by atoms with E-state index in [1.165, 1.54) is 17.6 Å². The van der Waals surface area contributed by atoms with Gasteiger partial charge in [0.25, 0.3) is 5.91 Å². The highest BCUT2D eigenvalue weighted by molar-refractivity contribution is 7.13. The second-order valence-electron chi connectivity index (χ2n) is 4.25. The summed E-state index contributed by atoms with van der Waals surface area (Å²) < 4.78 is 5.02. The lowest BCUT2D eigenvalue weighted by atomic mass is 10.4. The largest absolute Gasteiger partial charge is 0.447 e. The van der Waals surface area contributed by atoms with E-state index in [2.05, 4.69) is 25.3 Å². The average molecular weight is 353 g/mol. The van der Waals surface area contributed by atoms with E-state index in [1.807, 2.05) is 5.38 Å². The topological polar surface area (TPSA) is 120 Å². The van der Waals surface area contributed by atoms with Gasteiger partial charge in [0.1, 0.15) is 17.0 Å². The van der Waals surface area contributed by atoms with Crippen LogP contribution < -0.4 is 11.1 Å². The highest BCUT2D eigenvalue weighted by Crippen LogP contribution is 2.20. The number of carbonyl (C=O) groups is 1. The van der Waals surface area contributed by atoms with E-state index in [0.29, 0.717) is 18.1 Å². The van der Waals surface area contributed by atoms with Crippen molar-refractivity contribution in [3.8, 4) is 10.7 Å². The van der Waals surface area contributed by atoms with Gasteiger partial charge in [-0.3, -0.25) is 14.8 Å². The zero-order valence-corrected chi connectivity index (χ0v) is 13.4. The molecule has 23 heavy (non-hydrogen) atoms. The number of nitrogens with two attached hydrogens (primary N) is 1. The third-order valence-corrected chi connectivity index (χ3v) is 3.64. The molecule has 3 N–H and O–H groups in total. The number of oxazole rings is 1. The van der Waals surface area contributed by atoms with E-state index in [-0.39, 0.29) is 30.6 Å². The predicted octanol–water partition coefficient (Wildman–Crippen LogP) is 1.40. The first-order chi connectivity index (χ1) is 10.8. The Labute approximate surface area is 141 Å². The summed E-state index contributed by atoms with van der Waals surface area (Å²) in [5.74, 6) is -0.0127. The Bertz CT molecular complexity index is 776. The molecule has 3 aromatic heterocycles. The lowest BCUT2D eigenvalue weighted by molar-refractivity contribution is 0.0945. The van der Waals surface area contributed by atoms with Crippen LogP contribution in [0.4, 0.5) is 0 Å². The van der Waals surface area contributed by atoms with Gasteiger partial charge in [0.2, 0.25) is 5.89 Å². The molecule has 0 aromatic carbocycles. The molecule has 0 aliphatic heterocycles. The van der Waals surface area contributed by atoms with Crippen molar-refractivity contribution < 1.29 is 9.21 Å². The van der Waals surface area contributed by atoms with Crippen molar-refractivity contribution in [1.29, 1.82) is 0 Å². The van der Waals surface area contributed by atoms with Crippen LogP contribution in [0.25, 0.3) is 10.7 Å². The second kappa shape index (κ2) is 7.77. The number of hydrogen-bond acceptors (Lipinski definition) is 8. The Morgan fingerprint density at radius 2 is 2.22 bits per heavy atom. The van der Waals surface area contributed by atoms with Crippen LogP contribution in [0.5, 0.6) is 0 Å². The van der Waals surface area contributed by atoms with E-state index in [9.17, 15) is 4.79 Å². The summed E-state index contributed by atoms with van der Waals surface area (Å²) in [5, 5.41) is 5.34. The quantitative estimate of drug-likeness (QED) is 0.712. The fourth-order valence-corrected chi connectivity index (χ4v) is 2.47. The van der Waals surface area contributed by atoms with E-state index >= 15 is 0 Å². The highest BCUT2D eigenvalue weighted by Gasteiger charge is 2.12. The Morgan fingerprint density at radius 3 is 2.91 bits per heavy atom. The molecule has 0 saturated heterocycles. The summed E-state index contributed by atoms with van der Waals surface area (Å²) in [5.41, 5.74) is 7.02. The molecule has 0 aliphatic carbocycles. The van der Waals surface area contributed by atoms with Crippen LogP contribution in [0.2, 0.25) is 0 Å². The molecule has 3 rings (SSSR count). The second-order valence-corrected chi connectivity index (χ2v) is 5.11. The maximum Gasteiger partial charge on any atom is 0.273 e. The van der Waals surface area contributed by atoms with Crippen LogP contribution in [0.15, 0.2) is 34.7 Å². The Kier molecular flexibility index (Phi) is 5.74. The van der Waals surface area contributed by atoms with Gasteiger partial charge in [-0.05, 0) is 0 Å². The van der Waals surface area contributed by atoms with E-state index in [0.717, 1.165) is 10.7 Å². The minimum atomic E-state index is -0.336. The van der Waals surface area contributed by atoms with Crippen molar-refractivity contribution in [2.24, 2.45) is 5.73 Å².